The molecule has 1 aromatic carbocycles. The first-order valence-corrected chi connectivity index (χ1v) is 11.8. The Morgan fingerprint density at radius 2 is 2.07 bits per heavy atom. The first kappa shape index (κ1) is 19.4. The average Bonchev–Trinajstić information content (AvgIpc) is 3.08. The van der Waals surface area contributed by atoms with Gasteiger partial charge < -0.3 is 19.7 Å². The first-order chi connectivity index (χ1) is 14.2. The number of hydrogen-bond donors (Lipinski definition) is 2. The zero-order valence-corrected chi connectivity index (χ0v) is 18.7. The molecule has 6 aliphatic rings. The van der Waals surface area contributed by atoms with Crippen molar-refractivity contribution >= 4 is 0 Å². The van der Waals surface area contributed by atoms with Crippen molar-refractivity contribution in [2.24, 2.45) is 11.3 Å². The quantitative estimate of drug-likeness (QED) is 0.792. The number of benzene rings is 1. The van der Waals surface area contributed by atoms with Gasteiger partial charge in [-0.1, -0.05) is 13.0 Å². The standard InChI is InChI=1S/C25H35NO4/c1-5-11-26-12-10-24-19-15-6-7-16(27)20(19)30-21(24)25(29-4)9-8-23(24,18(26)13-15)14-17(25)22(2,3)28/h6-7,17-18,21,27-28H,5,8-14H2,1-4H3/t17-,18-,21-,23-,24+,25-/m1/s1. The maximum atomic E-state index is 11.3. The van der Waals surface area contributed by atoms with Gasteiger partial charge in [-0.05, 0) is 77.1 Å². The van der Waals surface area contributed by atoms with Crippen LogP contribution >= 0.6 is 0 Å². The maximum absolute atomic E-state index is 11.3. The highest BCUT2D eigenvalue weighted by Gasteiger charge is 2.81. The van der Waals surface area contributed by atoms with E-state index in [1.165, 1.54) is 11.1 Å². The summed E-state index contributed by atoms with van der Waals surface area (Å²) >= 11 is 0. The minimum atomic E-state index is -0.852. The highest BCUT2D eigenvalue weighted by Crippen LogP contribution is 2.77. The summed E-state index contributed by atoms with van der Waals surface area (Å²) in [4.78, 5) is 2.72. The molecule has 4 bridgehead atoms. The third-order valence-electron chi connectivity index (χ3n) is 9.83. The Balaban J connectivity index is 1.65. The summed E-state index contributed by atoms with van der Waals surface area (Å²) in [5.74, 6) is 0.959. The predicted molar refractivity (Wildman–Crippen MR) is 114 cm³/mol. The van der Waals surface area contributed by atoms with Crippen LogP contribution < -0.4 is 4.74 Å². The summed E-state index contributed by atoms with van der Waals surface area (Å²) in [5, 5.41) is 22.1. The highest BCUT2D eigenvalue weighted by molar-refractivity contribution is 5.63. The molecule has 2 spiro atoms. The van der Waals surface area contributed by atoms with E-state index in [2.05, 4.69) is 17.9 Å². The molecule has 4 fully saturated rings. The van der Waals surface area contributed by atoms with Crippen molar-refractivity contribution in [3.05, 3.63) is 23.3 Å². The number of nitrogens with zero attached hydrogens (tertiary/aromatic N) is 1. The Morgan fingerprint density at radius 1 is 1.27 bits per heavy atom. The Hall–Kier alpha value is -1.30. The lowest BCUT2D eigenvalue weighted by molar-refractivity contribution is -0.300. The van der Waals surface area contributed by atoms with Gasteiger partial charge in [0.1, 0.15) is 11.7 Å². The van der Waals surface area contributed by atoms with Crippen molar-refractivity contribution in [2.45, 2.75) is 88.1 Å². The van der Waals surface area contributed by atoms with Crippen LogP contribution in [0.5, 0.6) is 11.5 Å². The molecule has 164 valence electrons. The molecule has 6 atom stereocenters. The Labute approximate surface area is 179 Å². The molecule has 0 radical (unpaired) electrons. The number of methoxy groups -OCH3 is 1. The number of ether oxygens (including phenoxy) is 2. The van der Waals surface area contributed by atoms with E-state index < -0.39 is 11.2 Å². The third kappa shape index (κ3) is 1.89. The average molecular weight is 414 g/mol. The molecule has 30 heavy (non-hydrogen) atoms. The zero-order valence-electron chi connectivity index (χ0n) is 18.7. The van der Waals surface area contributed by atoms with E-state index in [1.54, 1.807) is 7.11 Å². The van der Waals surface area contributed by atoms with E-state index in [1.807, 2.05) is 19.9 Å². The van der Waals surface area contributed by atoms with Crippen LogP contribution in [0.1, 0.15) is 64.0 Å². The van der Waals surface area contributed by atoms with E-state index >= 15 is 0 Å². The lowest BCUT2D eigenvalue weighted by Gasteiger charge is -2.74. The third-order valence-corrected chi connectivity index (χ3v) is 9.83. The normalized spacial score (nSPS) is 43.4. The van der Waals surface area contributed by atoms with E-state index in [4.69, 9.17) is 9.47 Å². The van der Waals surface area contributed by atoms with Crippen LogP contribution in [0.4, 0.5) is 0 Å². The van der Waals surface area contributed by atoms with Gasteiger partial charge in [0.25, 0.3) is 0 Å². The minimum absolute atomic E-state index is 0.00366. The van der Waals surface area contributed by atoms with Gasteiger partial charge in [0, 0.05) is 35.5 Å². The molecule has 5 heteroatoms. The van der Waals surface area contributed by atoms with Crippen LogP contribution in [0, 0.1) is 11.3 Å². The van der Waals surface area contributed by atoms with Crippen molar-refractivity contribution < 1.29 is 19.7 Å². The SMILES string of the molecule is CCCN1CC[C@]23c4c5ccc(O)c4O[C@H]2[C@@]2(OC)CC[C@@]3(C[C@@H]2C(C)(C)O)[C@H]1C5. The molecular formula is C25H35NO4. The number of phenolic OH excluding ortho intramolecular Hbond substituents is 1. The fraction of sp³-hybridized carbons (Fsp3) is 0.760. The fourth-order valence-electron chi connectivity index (χ4n) is 8.94. The van der Waals surface area contributed by atoms with Crippen molar-refractivity contribution in [1.29, 1.82) is 0 Å². The van der Waals surface area contributed by atoms with E-state index in [0.29, 0.717) is 11.8 Å². The molecule has 2 heterocycles. The second-order valence-corrected chi connectivity index (χ2v) is 11.1. The predicted octanol–water partition coefficient (Wildman–Crippen LogP) is 3.39. The van der Waals surface area contributed by atoms with Gasteiger partial charge in [-0.15, -0.1) is 0 Å². The first-order valence-electron chi connectivity index (χ1n) is 11.8. The molecule has 1 aromatic rings. The Morgan fingerprint density at radius 3 is 2.77 bits per heavy atom. The smallest absolute Gasteiger partial charge is 0.165 e. The van der Waals surface area contributed by atoms with Gasteiger partial charge in [0.2, 0.25) is 0 Å². The minimum Gasteiger partial charge on any atom is -0.504 e. The molecule has 4 aliphatic carbocycles. The van der Waals surface area contributed by atoms with Gasteiger partial charge in [-0.3, -0.25) is 4.90 Å². The van der Waals surface area contributed by atoms with Gasteiger partial charge in [0.15, 0.2) is 11.5 Å². The highest BCUT2D eigenvalue weighted by atomic mass is 16.6. The summed E-state index contributed by atoms with van der Waals surface area (Å²) in [6.45, 7) is 8.35. The molecule has 2 N–H and O–H groups in total. The number of phenols is 1. The van der Waals surface area contributed by atoms with Crippen molar-refractivity contribution in [3.63, 3.8) is 0 Å². The number of rotatable bonds is 4. The number of aliphatic hydroxyl groups is 1. The van der Waals surface area contributed by atoms with E-state index in [-0.39, 0.29) is 28.6 Å². The van der Waals surface area contributed by atoms with Crippen LogP contribution in [0.3, 0.4) is 0 Å². The second kappa shape index (κ2) is 5.73. The van der Waals surface area contributed by atoms with E-state index in [9.17, 15) is 10.2 Å². The topological polar surface area (TPSA) is 62.2 Å². The number of aromatic hydroxyl groups is 1. The van der Waals surface area contributed by atoms with Gasteiger partial charge >= 0.3 is 0 Å². The molecule has 3 saturated carbocycles. The Bertz CT molecular complexity index is 909. The van der Waals surface area contributed by atoms with Gasteiger partial charge in [-0.2, -0.15) is 0 Å². The van der Waals surface area contributed by atoms with Crippen molar-refractivity contribution in [2.75, 3.05) is 20.2 Å². The number of piperidine rings is 1. The molecule has 0 unspecified atom stereocenters. The van der Waals surface area contributed by atoms with E-state index in [0.717, 1.165) is 51.6 Å². The Kier molecular flexibility index (Phi) is 3.70. The van der Waals surface area contributed by atoms with Gasteiger partial charge in [-0.25, -0.2) is 0 Å². The summed E-state index contributed by atoms with van der Waals surface area (Å²) in [5.41, 5.74) is 1.17. The fourth-order valence-corrected chi connectivity index (χ4v) is 8.94. The molecule has 0 amide bonds. The molecule has 1 saturated heterocycles. The molecular weight excluding hydrogens is 378 g/mol. The number of likely N-dealkylation sites (tertiary alicyclic amines) is 1. The van der Waals surface area contributed by atoms with Crippen LogP contribution in [-0.4, -0.2) is 58.7 Å². The molecule has 7 rings (SSSR count). The van der Waals surface area contributed by atoms with Crippen molar-refractivity contribution in [3.8, 4) is 11.5 Å². The maximum Gasteiger partial charge on any atom is 0.165 e. The summed E-state index contributed by atoms with van der Waals surface area (Å²) < 4.78 is 13.1. The molecule has 5 nitrogen and oxygen atoms in total. The number of hydrogen-bond acceptors (Lipinski definition) is 5. The molecule has 0 aromatic heterocycles. The lowest BCUT2D eigenvalue weighted by Crippen LogP contribution is -2.82. The summed E-state index contributed by atoms with van der Waals surface area (Å²) in [6.07, 6.45) is 6.04. The molecule has 2 aliphatic heterocycles. The van der Waals surface area contributed by atoms with Crippen LogP contribution in [0.2, 0.25) is 0 Å². The van der Waals surface area contributed by atoms with Crippen LogP contribution in [0.25, 0.3) is 0 Å². The second-order valence-electron chi connectivity index (χ2n) is 11.1. The summed E-state index contributed by atoms with van der Waals surface area (Å²) in [6, 6.07) is 4.40. The van der Waals surface area contributed by atoms with Crippen LogP contribution in [0.15, 0.2) is 12.1 Å². The summed E-state index contributed by atoms with van der Waals surface area (Å²) in [7, 11) is 1.80. The van der Waals surface area contributed by atoms with Gasteiger partial charge in [0.05, 0.1) is 5.60 Å². The largest absolute Gasteiger partial charge is 0.504 e. The monoisotopic (exact) mass is 413 g/mol. The number of fused-ring (bicyclic) bond motifs is 2. The zero-order chi connectivity index (χ0) is 21.1. The van der Waals surface area contributed by atoms with Crippen LogP contribution in [-0.2, 0) is 16.6 Å². The lowest BCUT2D eigenvalue weighted by atomic mass is 9.34. The van der Waals surface area contributed by atoms with Crippen molar-refractivity contribution in [1.82, 2.24) is 4.90 Å².